The summed E-state index contributed by atoms with van der Waals surface area (Å²) in [7, 11) is 1.54. The number of rotatable bonds is 3. The number of hydrogen-bond donors (Lipinski definition) is 2. The SMILES string of the molecule is COc1cc(N)cc(C(=O)Nc2ccc3ncsc3c2)c1. The molecule has 0 aliphatic heterocycles. The third kappa shape index (κ3) is 2.80. The standard InChI is InChI=1S/C15H13N3O2S/c1-20-12-5-9(4-10(16)6-12)15(19)18-11-2-3-13-14(7-11)21-8-17-13/h2-8H,16H2,1H3,(H,18,19). The van der Waals surface area contributed by atoms with Gasteiger partial charge in [-0.2, -0.15) is 0 Å². The first kappa shape index (κ1) is 13.4. The summed E-state index contributed by atoms with van der Waals surface area (Å²) in [6.45, 7) is 0. The molecule has 0 saturated carbocycles. The minimum absolute atomic E-state index is 0.232. The fraction of sp³-hybridized carbons (Fsp3) is 0.0667. The van der Waals surface area contributed by atoms with Crippen molar-refractivity contribution in [1.29, 1.82) is 0 Å². The lowest BCUT2D eigenvalue weighted by Crippen LogP contribution is -2.12. The third-order valence-corrected chi connectivity index (χ3v) is 3.81. The Kier molecular flexibility index (Phi) is 3.45. The van der Waals surface area contributed by atoms with Crippen LogP contribution in [0.4, 0.5) is 11.4 Å². The molecule has 0 atom stereocenters. The minimum Gasteiger partial charge on any atom is -0.497 e. The number of thiazole rings is 1. The number of hydrogen-bond acceptors (Lipinski definition) is 5. The Balaban J connectivity index is 1.86. The Morgan fingerprint density at radius 1 is 1.29 bits per heavy atom. The summed E-state index contributed by atoms with van der Waals surface area (Å²) in [6, 6.07) is 10.5. The Morgan fingerprint density at radius 2 is 2.14 bits per heavy atom. The Labute approximate surface area is 125 Å². The zero-order valence-corrected chi connectivity index (χ0v) is 12.1. The van der Waals surface area contributed by atoms with E-state index >= 15 is 0 Å². The monoisotopic (exact) mass is 299 g/mol. The smallest absolute Gasteiger partial charge is 0.255 e. The lowest BCUT2D eigenvalue weighted by molar-refractivity contribution is 0.102. The number of nitrogen functional groups attached to an aromatic ring is 1. The van der Waals surface area contributed by atoms with Gasteiger partial charge in [0.05, 0.1) is 22.8 Å². The van der Waals surface area contributed by atoms with E-state index in [0.717, 1.165) is 15.9 Å². The first-order chi connectivity index (χ1) is 10.2. The van der Waals surface area contributed by atoms with Crippen molar-refractivity contribution in [3.05, 3.63) is 47.5 Å². The second kappa shape index (κ2) is 5.41. The number of carbonyl (C=O) groups excluding carboxylic acids is 1. The zero-order chi connectivity index (χ0) is 14.8. The van der Waals surface area contributed by atoms with Crippen molar-refractivity contribution in [2.24, 2.45) is 0 Å². The van der Waals surface area contributed by atoms with Crippen LogP contribution in [-0.4, -0.2) is 18.0 Å². The molecule has 106 valence electrons. The van der Waals surface area contributed by atoms with E-state index in [1.165, 1.54) is 18.4 Å². The highest BCUT2D eigenvalue weighted by molar-refractivity contribution is 7.16. The van der Waals surface area contributed by atoms with Crippen LogP contribution in [0.15, 0.2) is 41.9 Å². The quantitative estimate of drug-likeness (QED) is 0.728. The number of nitrogens with zero attached hydrogens (tertiary/aromatic N) is 1. The van der Waals surface area contributed by atoms with Gasteiger partial charge in [-0.3, -0.25) is 4.79 Å². The van der Waals surface area contributed by atoms with Crippen molar-refractivity contribution < 1.29 is 9.53 Å². The van der Waals surface area contributed by atoms with Crippen molar-refractivity contribution in [2.75, 3.05) is 18.2 Å². The average Bonchev–Trinajstić information content (AvgIpc) is 2.94. The van der Waals surface area contributed by atoms with Gasteiger partial charge in [-0.15, -0.1) is 11.3 Å². The van der Waals surface area contributed by atoms with E-state index < -0.39 is 0 Å². The molecule has 0 aliphatic rings. The Bertz CT molecular complexity index is 814. The third-order valence-electron chi connectivity index (χ3n) is 3.02. The van der Waals surface area contributed by atoms with Crippen LogP contribution < -0.4 is 15.8 Å². The Hall–Kier alpha value is -2.60. The summed E-state index contributed by atoms with van der Waals surface area (Å²) in [4.78, 5) is 16.5. The largest absolute Gasteiger partial charge is 0.497 e. The Morgan fingerprint density at radius 3 is 2.95 bits per heavy atom. The molecule has 0 unspecified atom stereocenters. The average molecular weight is 299 g/mol. The van der Waals surface area contributed by atoms with E-state index in [1.807, 2.05) is 18.2 Å². The van der Waals surface area contributed by atoms with Gasteiger partial charge in [0.25, 0.3) is 5.91 Å². The summed E-state index contributed by atoms with van der Waals surface area (Å²) in [5.74, 6) is 0.322. The van der Waals surface area contributed by atoms with Crippen molar-refractivity contribution >= 4 is 38.8 Å². The van der Waals surface area contributed by atoms with Gasteiger partial charge in [0, 0.05) is 23.0 Å². The number of benzene rings is 2. The summed E-state index contributed by atoms with van der Waals surface area (Å²) in [5.41, 5.74) is 10.1. The molecule has 0 fully saturated rings. The molecule has 5 nitrogen and oxygen atoms in total. The van der Waals surface area contributed by atoms with E-state index in [0.29, 0.717) is 17.0 Å². The predicted molar refractivity (Wildman–Crippen MR) is 85.0 cm³/mol. The van der Waals surface area contributed by atoms with Crippen molar-refractivity contribution in [3.8, 4) is 5.75 Å². The predicted octanol–water partition coefficient (Wildman–Crippen LogP) is 3.14. The summed E-state index contributed by atoms with van der Waals surface area (Å²) in [6.07, 6.45) is 0. The maximum absolute atomic E-state index is 12.3. The normalized spacial score (nSPS) is 10.5. The summed E-state index contributed by atoms with van der Waals surface area (Å²) in [5, 5.41) is 2.85. The van der Waals surface area contributed by atoms with Crippen LogP contribution in [0.2, 0.25) is 0 Å². The number of ether oxygens (including phenoxy) is 1. The number of carbonyl (C=O) groups is 1. The van der Waals surface area contributed by atoms with Gasteiger partial charge in [-0.25, -0.2) is 4.98 Å². The van der Waals surface area contributed by atoms with Crippen LogP contribution in [-0.2, 0) is 0 Å². The van der Waals surface area contributed by atoms with E-state index in [1.54, 1.807) is 23.7 Å². The highest BCUT2D eigenvalue weighted by Crippen LogP contribution is 2.23. The molecular formula is C15H13N3O2S. The van der Waals surface area contributed by atoms with Crippen molar-refractivity contribution in [2.45, 2.75) is 0 Å². The molecule has 1 amide bonds. The van der Waals surface area contributed by atoms with Gasteiger partial charge in [0.2, 0.25) is 0 Å². The molecule has 1 aromatic heterocycles. The molecule has 0 radical (unpaired) electrons. The van der Waals surface area contributed by atoms with Crippen LogP contribution in [0.5, 0.6) is 5.75 Å². The maximum Gasteiger partial charge on any atom is 0.255 e. The number of anilines is 2. The number of amides is 1. The van der Waals surface area contributed by atoms with Gasteiger partial charge in [0.1, 0.15) is 5.75 Å². The lowest BCUT2D eigenvalue weighted by Gasteiger charge is -2.08. The van der Waals surface area contributed by atoms with Crippen LogP contribution in [0, 0.1) is 0 Å². The molecule has 0 spiro atoms. The molecule has 3 N–H and O–H groups in total. The molecule has 0 bridgehead atoms. The molecule has 6 heteroatoms. The van der Waals surface area contributed by atoms with Crippen molar-refractivity contribution in [3.63, 3.8) is 0 Å². The van der Waals surface area contributed by atoms with Crippen LogP contribution in [0.1, 0.15) is 10.4 Å². The number of fused-ring (bicyclic) bond motifs is 1. The molecule has 2 aromatic carbocycles. The van der Waals surface area contributed by atoms with Crippen LogP contribution in [0.25, 0.3) is 10.2 Å². The highest BCUT2D eigenvalue weighted by atomic mass is 32.1. The molecular weight excluding hydrogens is 286 g/mol. The highest BCUT2D eigenvalue weighted by Gasteiger charge is 2.09. The number of aromatic nitrogens is 1. The van der Waals surface area contributed by atoms with Gasteiger partial charge < -0.3 is 15.8 Å². The summed E-state index contributed by atoms with van der Waals surface area (Å²) < 4.78 is 6.14. The number of nitrogens with two attached hydrogens (primary N) is 1. The fourth-order valence-corrected chi connectivity index (χ4v) is 2.72. The molecule has 0 saturated heterocycles. The minimum atomic E-state index is -0.232. The van der Waals surface area contributed by atoms with E-state index in [9.17, 15) is 4.79 Å². The number of nitrogens with one attached hydrogen (secondary N) is 1. The zero-order valence-electron chi connectivity index (χ0n) is 11.3. The summed E-state index contributed by atoms with van der Waals surface area (Å²) >= 11 is 1.53. The first-order valence-corrected chi connectivity index (χ1v) is 7.13. The lowest BCUT2D eigenvalue weighted by atomic mass is 10.1. The second-order valence-electron chi connectivity index (χ2n) is 4.48. The van der Waals surface area contributed by atoms with Gasteiger partial charge in [0.15, 0.2) is 0 Å². The molecule has 0 aliphatic carbocycles. The fourth-order valence-electron chi connectivity index (χ4n) is 2.01. The first-order valence-electron chi connectivity index (χ1n) is 6.25. The van der Waals surface area contributed by atoms with Gasteiger partial charge in [-0.1, -0.05) is 0 Å². The van der Waals surface area contributed by atoms with E-state index in [2.05, 4.69) is 10.3 Å². The topological polar surface area (TPSA) is 77.2 Å². The van der Waals surface area contributed by atoms with Gasteiger partial charge >= 0.3 is 0 Å². The van der Waals surface area contributed by atoms with Crippen molar-refractivity contribution in [1.82, 2.24) is 4.98 Å². The molecule has 3 aromatic rings. The van der Waals surface area contributed by atoms with E-state index in [-0.39, 0.29) is 5.91 Å². The van der Waals surface area contributed by atoms with Crippen LogP contribution in [0.3, 0.4) is 0 Å². The van der Waals surface area contributed by atoms with E-state index in [4.69, 9.17) is 10.5 Å². The second-order valence-corrected chi connectivity index (χ2v) is 5.37. The van der Waals surface area contributed by atoms with Crippen LogP contribution >= 0.6 is 11.3 Å². The molecule has 21 heavy (non-hydrogen) atoms. The molecule has 1 heterocycles. The maximum atomic E-state index is 12.3. The molecule has 3 rings (SSSR count). The number of methoxy groups -OCH3 is 1. The van der Waals surface area contributed by atoms with Gasteiger partial charge in [-0.05, 0) is 30.3 Å².